The van der Waals surface area contributed by atoms with Gasteiger partial charge in [-0.3, -0.25) is 0 Å². The highest BCUT2D eigenvalue weighted by molar-refractivity contribution is 5.43. The molecule has 0 radical (unpaired) electrons. The summed E-state index contributed by atoms with van der Waals surface area (Å²) in [5.41, 5.74) is 1.24. The smallest absolute Gasteiger partial charge is 0.161 e. The molecule has 3 heteroatoms. The standard InChI is InChI=1S/C17H27NO2/c1-4-13(2)18-12-14-9-10-16(17(11-14)19-3)20-15-7-5-6-8-15/h9-11,13,15,18H,4-8,12H2,1-3H3. The van der Waals surface area contributed by atoms with Crippen molar-refractivity contribution >= 4 is 0 Å². The molecular formula is C17H27NO2. The molecule has 1 aromatic carbocycles. The number of hydrogen-bond acceptors (Lipinski definition) is 3. The SMILES string of the molecule is CCC(C)NCc1ccc(OC2CCCC2)c(OC)c1. The molecule has 0 spiro atoms. The monoisotopic (exact) mass is 277 g/mol. The van der Waals surface area contributed by atoms with Gasteiger partial charge in [-0.1, -0.05) is 13.0 Å². The van der Waals surface area contributed by atoms with Crippen molar-refractivity contribution in [2.75, 3.05) is 7.11 Å². The molecular weight excluding hydrogens is 250 g/mol. The van der Waals surface area contributed by atoms with Crippen LogP contribution in [0, 0.1) is 0 Å². The number of ether oxygens (including phenoxy) is 2. The first-order valence-corrected chi connectivity index (χ1v) is 7.80. The van der Waals surface area contributed by atoms with Gasteiger partial charge in [-0.15, -0.1) is 0 Å². The first kappa shape index (κ1) is 15.2. The Morgan fingerprint density at radius 1 is 1.25 bits per heavy atom. The van der Waals surface area contributed by atoms with Crippen molar-refractivity contribution in [1.82, 2.24) is 5.32 Å². The van der Waals surface area contributed by atoms with Gasteiger partial charge in [0.25, 0.3) is 0 Å². The minimum Gasteiger partial charge on any atom is -0.493 e. The van der Waals surface area contributed by atoms with Crippen molar-refractivity contribution < 1.29 is 9.47 Å². The topological polar surface area (TPSA) is 30.5 Å². The normalized spacial score (nSPS) is 17.1. The molecule has 0 saturated heterocycles. The highest BCUT2D eigenvalue weighted by atomic mass is 16.5. The molecule has 20 heavy (non-hydrogen) atoms. The highest BCUT2D eigenvalue weighted by Gasteiger charge is 2.18. The Hall–Kier alpha value is -1.22. The van der Waals surface area contributed by atoms with Gasteiger partial charge in [-0.05, 0) is 56.7 Å². The Kier molecular flexibility index (Phi) is 5.72. The fourth-order valence-corrected chi connectivity index (χ4v) is 2.54. The molecule has 1 unspecified atom stereocenters. The summed E-state index contributed by atoms with van der Waals surface area (Å²) in [6.07, 6.45) is 6.40. The molecule has 2 rings (SSSR count). The van der Waals surface area contributed by atoms with Crippen LogP contribution in [0.3, 0.4) is 0 Å². The summed E-state index contributed by atoms with van der Waals surface area (Å²) in [5, 5.41) is 3.50. The molecule has 1 fully saturated rings. The van der Waals surface area contributed by atoms with Crippen LogP contribution in [0.25, 0.3) is 0 Å². The van der Waals surface area contributed by atoms with Crippen LogP contribution in [-0.4, -0.2) is 19.3 Å². The van der Waals surface area contributed by atoms with E-state index in [1.165, 1.54) is 31.2 Å². The van der Waals surface area contributed by atoms with E-state index in [9.17, 15) is 0 Å². The largest absolute Gasteiger partial charge is 0.493 e. The van der Waals surface area contributed by atoms with Crippen LogP contribution in [-0.2, 0) is 6.54 Å². The minimum atomic E-state index is 0.369. The van der Waals surface area contributed by atoms with Crippen molar-refractivity contribution in [2.45, 2.75) is 64.6 Å². The zero-order chi connectivity index (χ0) is 14.4. The summed E-state index contributed by atoms with van der Waals surface area (Å²) in [5.74, 6) is 1.73. The third kappa shape index (κ3) is 4.14. The molecule has 1 N–H and O–H groups in total. The average molecular weight is 277 g/mol. The molecule has 0 heterocycles. The molecule has 0 bridgehead atoms. The van der Waals surface area contributed by atoms with E-state index in [0.29, 0.717) is 12.1 Å². The van der Waals surface area contributed by atoms with Crippen LogP contribution in [0.5, 0.6) is 11.5 Å². The van der Waals surface area contributed by atoms with Crippen molar-refractivity contribution in [2.24, 2.45) is 0 Å². The van der Waals surface area contributed by atoms with Gasteiger partial charge in [0.2, 0.25) is 0 Å². The van der Waals surface area contributed by atoms with Gasteiger partial charge in [0.15, 0.2) is 11.5 Å². The number of methoxy groups -OCH3 is 1. The lowest BCUT2D eigenvalue weighted by atomic mass is 10.1. The van der Waals surface area contributed by atoms with Gasteiger partial charge < -0.3 is 14.8 Å². The van der Waals surface area contributed by atoms with E-state index < -0.39 is 0 Å². The summed E-state index contributed by atoms with van der Waals surface area (Å²) in [6, 6.07) is 6.79. The van der Waals surface area contributed by atoms with Crippen molar-refractivity contribution in [1.29, 1.82) is 0 Å². The summed E-state index contributed by atoms with van der Waals surface area (Å²) in [4.78, 5) is 0. The average Bonchev–Trinajstić information content (AvgIpc) is 2.98. The first-order chi connectivity index (χ1) is 9.72. The van der Waals surface area contributed by atoms with E-state index in [1.54, 1.807) is 7.11 Å². The van der Waals surface area contributed by atoms with Crippen molar-refractivity contribution in [3.05, 3.63) is 23.8 Å². The molecule has 1 aliphatic carbocycles. The van der Waals surface area contributed by atoms with Gasteiger partial charge in [0.1, 0.15) is 0 Å². The van der Waals surface area contributed by atoms with Crippen LogP contribution in [0.1, 0.15) is 51.5 Å². The lowest BCUT2D eigenvalue weighted by Gasteiger charge is -2.17. The van der Waals surface area contributed by atoms with E-state index in [2.05, 4.69) is 31.3 Å². The summed E-state index contributed by atoms with van der Waals surface area (Å²) in [6.45, 7) is 5.26. The number of hydrogen-bond donors (Lipinski definition) is 1. The van der Waals surface area contributed by atoms with E-state index in [0.717, 1.165) is 24.5 Å². The number of rotatable bonds is 7. The first-order valence-electron chi connectivity index (χ1n) is 7.80. The van der Waals surface area contributed by atoms with Crippen LogP contribution in [0.4, 0.5) is 0 Å². The lowest BCUT2D eigenvalue weighted by Crippen LogP contribution is -2.24. The minimum absolute atomic E-state index is 0.369. The molecule has 1 atom stereocenters. The highest BCUT2D eigenvalue weighted by Crippen LogP contribution is 2.32. The fraction of sp³-hybridized carbons (Fsp3) is 0.647. The molecule has 1 saturated carbocycles. The predicted molar refractivity (Wildman–Crippen MR) is 82.5 cm³/mol. The third-order valence-corrected chi connectivity index (χ3v) is 4.09. The van der Waals surface area contributed by atoms with Gasteiger partial charge in [0.05, 0.1) is 13.2 Å². The van der Waals surface area contributed by atoms with E-state index in [-0.39, 0.29) is 0 Å². The summed E-state index contributed by atoms with van der Waals surface area (Å²) >= 11 is 0. The zero-order valence-electron chi connectivity index (χ0n) is 12.9. The summed E-state index contributed by atoms with van der Waals surface area (Å²) < 4.78 is 11.5. The third-order valence-electron chi connectivity index (χ3n) is 4.09. The van der Waals surface area contributed by atoms with E-state index in [4.69, 9.17) is 9.47 Å². The van der Waals surface area contributed by atoms with Gasteiger partial charge in [-0.2, -0.15) is 0 Å². The van der Waals surface area contributed by atoms with Gasteiger partial charge in [0, 0.05) is 12.6 Å². The molecule has 1 aromatic rings. The quantitative estimate of drug-likeness (QED) is 0.820. The molecule has 0 aromatic heterocycles. The maximum Gasteiger partial charge on any atom is 0.161 e. The Balaban J connectivity index is 1.99. The van der Waals surface area contributed by atoms with Crippen molar-refractivity contribution in [3.8, 4) is 11.5 Å². The maximum atomic E-state index is 6.05. The van der Waals surface area contributed by atoms with Gasteiger partial charge >= 0.3 is 0 Å². The second-order valence-electron chi connectivity index (χ2n) is 5.70. The van der Waals surface area contributed by atoms with Crippen LogP contribution < -0.4 is 14.8 Å². The molecule has 0 aliphatic heterocycles. The van der Waals surface area contributed by atoms with Crippen molar-refractivity contribution in [3.63, 3.8) is 0 Å². The predicted octanol–water partition coefficient (Wildman–Crippen LogP) is 3.90. The molecule has 112 valence electrons. The van der Waals surface area contributed by atoms with Crippen LogP contribution in [0.15, 0.2) is 18.2 Å². The Labute approximate surface area is 122 Å². The maximum absolute atomic E-state index is 6.05. The lowest BCUT2D eigenvalue weighted by molar-refractivity contribution is 0.200. The second-order valence-corrected chi connectivity index (χ2v) is 5.70. The second kappa shape index (κ2) is 7.53. The van der Waals surface area contributed by atoms with E-state index in [1.807, 2.05) is 6.07 Å². The summed E-state index contributed by atoms with van der Waals surface area (Å²) in [7, 11) is 1.71. The number of nitrogens with one attached hydrogen (secondary N) is 1. The van der Waals surface area contributed by atoms with E-state index >= 15 is 0 Å². The van der Waals surface area contributed by atoms with Gasteiger partial charge in [-0.25, -0.2) is 0 Å². The Morgan fingerprint density at radius 3 is 2.65 bits per heavy atom. The van der Waals surface area contributed by atoms with Crippen LogP contribution >= 0.6 is 0 Å². The zero-order valence-corrected chi connectivity index (χ0v) is 12.9. The fourth-order valence-electron chi connectivity index (χ4n) is 2.54. The Bertz CT molecular complexity index is 413. The molecule has 0 amide bonds. The Morgan fingerprint density at radius 2 is 2.00 bits per heavy atom. The molecule has 1 aliphatic rings. The van der Waals surface area contributed by atoms with Crippen LogP contribution in [0.2, 0.25) is 0 Å². The molecule has 3 nitrogen and oxygen atoms in total. The number of benzene rings is 1.